The van der Waals surface area contributed by atoms with Gasteiger partial charge in [0, 0.05) is 37.2 Å². The van der Waals surface area contributed by atoms with Crippen LogP contribution < -0.4 is 10.6 Å². The van der Waals surface area contributed by atoms with E-state index < -0.39 is 0 Å². The fourth-order valence-corrected chi connectivity index (χ4v) is 2.95. The first-order chi connectivity index (χ1) is 12.1. The third-order valence-electron chi connectivity index (χ3n) is 3.17. The Hall–Kier alpha value is -2.03. The first-order valence-corrected chi connectivity index (χ1v) is 8.93. The second-order valence-corrected chi connectivity index (χ2v) is 6.66. The number of benzene rings is 1. The number of carbonyl (C=O) groups excluding carboxylic acids is 2. The molecule has 0 bridgehead atoms. The van der Waals surface area contributed by atoms with E-state index in [0.717, 1.165) is 5.01 Å². The van der Waals surface area contributed by atoms with Gasteiger partial charge in [0.1, 0.15) is 5.01 Å². The second kappa shape index (κ2) is 10.1. The maximum absolute atomic E-state index is 12.1. The molecule has 0 aliphatic rings. The van der Waals surface area contributed by atoms with Gasteiger partial charge in [-0.1, -0.05) is 29.0 Å². The van der Waals surface area contributed by atoms with E-state index in [1.54, 1.807) is 31.4 Å². The fourth-order valence-electron chi connectivity index (χ4n) is 1.98. The van der Waals surface area contributed by atoms with E-state index in [9.17, 15) is 9.59 Å². The molecule has 0 radical (unpaired) electrons. The number of ether oxygens (including phenoxy) is 1. The molecule has 1 aromatic carbocycles. The van der Waals surface area contributed by atoms with Gasteiger partial charge in [-0.2, -0.15) is 0 Å². The topological polar surface area (TPSA) is 93.2 Å². The molecular weight excluding hydrogens is 364 g/mol. The summed E-state index contributed by atoms with van der Waals surface area (Å²) in [4.78, 5) is 23.7. The van der Waals surface area contributed by atoms with E-state index in [1.807, 2.05) is 0 Å². The molecule has 134 valence electrons. The summed E-state index contributed by atoms with van der Waals surface area (Å²) in [5.41, 5.74) is 0.599. The molecule has 2 amide bonds. The van der Waals surface area contributed by atoms with E-state index in [2.05, 4.69) is 20.8 Å². The zero-order chi connectivity index (χ0) is 18.1. The molecule has 1 aromatic heterocycles. The van der Waals surface area contributed by atoms with Crippen LogP contribution in [0.25, 0.3) is 0 Å². The van der Waals surface area contributed by atoms with Gasteiger partial charge in [-0.25, -0.2) is 0 Å². The highest BCUT2D eigenvalue weighted by molar-refractivity contribution is 7.13. The van der Waals surface area contributed by atoms with Gasteiger partial charge in [-0.15, -0.1) is 10.2 Å². The lowest BCUT2D eigenvalue weighted by Gasteiger charge is -2.03. The van der Waals surface area contributed by atoms with Gasteiger partial charge < -0.3 is 15.4 Å². The van der Waals surface area contributed by atoms with Gasteiger partial charge in [-0.05, 0) is 24.6 Å². The first kappa shape index (κ1) is 19.3. The lowest BCUT2D eigenvalue weighted by atomic mass is 10.2. The molecule has 2 N–H and O–H groups in total. The van der Waals surface area contributed by atoms with Gasteiger partial charge in [0.05, 0.1) is 6.61 Å². The van der Waals surface area contributed by atoms with Crippen molar-refractivity contribution in [3.8, 4) is 0 Å². The minimum atomic E-state index is -0.330. The number of carbonyl (C=O) groups is 2. The predicted molar refractivity (Wildman–Crippen MR) is 97.1 cm³/mol. The Kier molecular flexibility index (Phi) is 7.77. The second-order valence-electron chi connectivity index (χ2n) is 5.16. The summed E-state index contributed by atoms with van der Waals surface area (Å²) in [6, 6.07) is 6.88. The Bertz CT molecular complexity index is 723. The zero-order valence-corrected chi connectivity index (χ0v) is 15.3. The van der Waals surface area contributed by atoms with Crippen molar-refractivity contribution in [3.05, 3.63) is 39.3 Å². The molecule has 0 aliphatic heterocycles. The van der Waals surface area contributed by atoms with Crippen molar-refractivity contribution in [1.29, 1.82) is 0 Å². The van der Waals surface area contributed by atoms with Crippen LogP contribution in [0.4, 0.5) is 5.69 Å². The Morgan fingerprint density at radius 3 is 2.92 bits per heavy atom. The summed E-state index contributed by atoms with van der Waals surface area (Å²) in [5, 5.41) is 14.9. The lowest BCUT2D eigenvalue weighted by Crippen LogP contribution is -2.26. The number of amides is 2. The minimum Gasteiger partial charge on any atom is -0.383 e. The maximum Gasteiger partial charge on any atom is 0.286 e. The van der Waals surface area contributed by atoms with Crippen LogP contribution in [-0.4, -0.2) is 42.3 Å². The number of rotatable bonds is 9. The molecule has 0 aliphatic carbocycles. The van der Waals surface area contributed by atoms with Crippen molar-refractivity contribution in [2.75, 3.05) is 25.6 Å². The van der Waals surface area contributed by atoms with Crippen LogP contribution in [0.2, 0.25) is 5.02 Å². The van der Waals surface area contributed by atoms with Gasteiger partial charge in [0.2, 0.25) is 10.9 Å². The standard InChI is InChI=1S/C16H19ClN4O3S/c1-24-9-8-18-13(22)6-3-7-14-20-21-16(25-14)15(23)19-12-5-2-4-11(17)10-12/h2,4-5,10H,3,6-9H2,1H3,(H,18,22)(H,19,23). The smallest absolute Gasteiger partial charge is 0.286 e. The first-order valence-electron chi connectivity index (χ1n) is 7.73. The molecule has 9 heteroatoms. The number of methoxy groups -OCH3 is 1. The average Bonchev–Trinajstić information content (AvgIpc) is 3.04. The van der Waals surface area contributed by atoms with Crippen molar-refractivity contribution >= 4 is 40.4 Å². The monoisotopic (exact) mass is 382 g/mol. The van der Waals surface area contributed by atoms with Gasteiger partial charge in [0.15, 0.2) is 0 Å². The number of hydrogen-bond donors (Lipinski definition) is 2. The molecule has 2 rings (SSSR count). The van der Waals surface area contributed by atoms with Gasteiger partial charge in [-0.3, -0.25) is 9.59 Å². The number of nitrogens with one attached hydrogen (secondary N) is 2. The van der Waals surface area contributed by atoms with Crippen molar-refractivity contribution in [1.82, 2.24) is 15.5 Å². The quantitative estimate of drug-likeness (QED) is 0.650. The van der Waals surface area contributed by atoms with E-state index in [0.29, 0.717) is 43.1 Å². The summed E-state index contributed by atoms with van der Waals surface area (Å²) in [7, 11) is 1.59. The summed E-state index contributed by atoms with van der Waals surface area (Å²) in [6.45, 7) is 0.995. The average molecular weight is 383 g/mol. The van der Waals surface area contributed by atoms with Crippen molar-refractivity contribution in [2.24, 2.45) is 0 Å². The molecule has 7 nitrogen and oxygen atoms in total. The van der Waals surface area contributed by atoms with Gasteiger partial charge >= 0.3 is 0 Å². The number of nitrogens with zero attached hydrogens (tertiary/aromatic N) is 2. The number of aromatic nitrogens is 2. The molecular formula is C16H19ClN4O3S. The summed E-state index contributed by atoms with van der Waals surface area (Å²) >= 11 is 7.10. The molecule has 0 spiro atoms. The molecule has 0 atom stereocenters. The molecule has 1 heterocycles. The van der Waals surface area contributed by atoms with Crippen LogP contribution >= 0.6 is 22.9 Å². The molecule has 0 saturated carbocycles. The van der Waals surface area contributed by atoms with E-state index in [4.69, 9.17) is 16.3 Å². The highest BCUT2D eigenvalue weighted by Crippen LogP contribution is 2.18. The van der Waals surface area contributed by atoms with Crippen LogP contribution in [0.15, 0.2) is 24.3 Å². The van der Waals surface area contributed by atoms with Crippen molar-refractivity contribution in [3.63, 3.8) is 0 Å². The van der Waals surface area contributed by atoms with Crippen LogP contribution in [0.5, 0.6) is 0 Å². The van der Waals surface area contributed by atoms with Crippen LogP contribution in [-0.2, 0) is 16.0 Å². The third-order valence-corrected chi connectivity index (χ3v) is 4.38. The normalized spacial score (nSPS) is 10.5. The van der Waals surface area contributed by atoms with Gasteiger partial charge in [0.25, 0.3) is 5.91 Å². The van der Waals surface area contributed by atoms with Crippen molar-refractivity contribution in [2.45, 2.75) is 19.3 Å². The Labute approximate surface area is 154 Å². The van der Waals surface area contributed by atoms with E-state index in [-0.39, 0.29) is 16.8 Å². The minimum absolute atomic E-state index is 0.0273. The number of halogens is 1. The summed E-state index contributed by atoms with van der Waals surface area (Å²) in [6.07, 6.45) is 1.64. The molecule has 0 unspecified atom stereocenters. The SMILES string of the molecule is COCCNC(=O)CCCc1nnc(C(=O)Nc2cccc(Cl)c2)s1. The lowest BCUT2D eigenvalue weighted by molar-refractivity contribution is -0.121. The van der Waals surface area contributed by atoms with E-state index >= 15 is 0 Å². The Morgan fingerprint density at radius 2 is 2.16 bits per heavy atom. The molecule has 0 saturated heterocycles. The zero-order valence-electron chi connectivity index (χ0n) is 13.8. The van der Waals surface area contributed by atoms with Crippen LogP contribution in [0.1, 0.15) is 27.7 Å². The molecule has 2 aromatic rings. The number of hydrogen-bond acceptors (Lipinski definition) is 6. The Balaban J connectivity index is 1.77. The maximum atomic E-state index is 12.1. The third kappa shape index (κ3) is 6.77. The van der Waals surface area contributed by atoms with E-state index in [1.165, 1.54) is 11.3 Å². The molecule has 0 fully saturated rings. The highest BCUT2D eigenvalue weighted by atomic mass is 35.5. The number of anilines is 1. The fraction of sp³-hybridized carbons (Fsp3) is 0.375. The van der Waals surface area contributed by atoms with Crippen LogP contribution in [0, 0.1) is 0 Å². The molecule has 25 heavy (non-hydrogen) atoms. The predicted octanol–water partition coefficient (Wildman–Crippen LogP) is 2.53. The summed E-state index contributed by atoms with van der Waals surface area (Å²) in [5.74, 6) is -0.358. The van der Waals surface area contributed by atoms with Crippen LogP contribution in [0.3, 0.4) is 0 Å². The largest absolute Gasteiger partial charge is 0.383 e. The van der Waals surface area contributed by atoms with Crippen molar-refractivity contribution < 1.29 is 14.3 Å². The Morgan fingerprint density at radius 1 is 1.32 bits per heavy atom. The highest BCUT2D eigenvalue weighted by Gasteiger charge is 2.13. The number of aryl methyl sites for hydroxylation is 1. The summed E-state index contributed by atoms with van der Waals surface area (Å²) < 4.78 is 4.86.